The number of rotatable bonds is 5. The van der Waals surface area contributed by atoms with E-state index in [4.69, 9.17) is 44.8 Å². The van der Waals surface area contributed by atoms with Crippen LogP contribution in [0.1, 0.15) is 0 Å². The van der Waals surface area contributed by atoms with Crippen LogP contribution in [0.15, 0.2) is 376 Å². The molecule has 0 fully saturated rings. The molecule has 8 aromatic heterocycles. The number of benzene rings is 20. The van der Waals surface area contributed by atoms with Crippen molar-refractivity contribution in [2.75, 3.05) is 0 Å². The van der Waals surface area contributed by atoms with E-state index in [9.17, 15) is 0 Å². The molecule has 13 heteroatoms. The van der Waals surface area contributed by atoms with Crippen LogP contribution in [-0.4, -0.2) is 38.6 Å². The molecule has 0 atom stereocenters. The number of fused-ring (bicyclic) bond motifs is 36. The van der Waals surface area contributed by atoms with E-state index in [-0.39, 0.29) is 10.3 Å². The molecule has 20 aromatic carbocycles. The minimum atomic E-state index is 0.240. The molecular weight excluding hydrogens is 1630 g/mol. The predicted octanol–water partition coefficient (Wildman–Crippen LogP) is 32.8. The third kappa shape index (κ3) is 11.0. The van der Waals surface area contributed by atoms with Crippen LogP contribution < -0.4 is 0 Å². The Balaban J connectivity index is 0.000000116. The Morgan fingerprint density at radius 3 is 1.16 bits per heavy atom. The zero-order valence-electron chi connectivity index (χ0n) is 66.4. The van der Waals surface area contributed by atoms with Crippen LogP contribution in [0.5, 0.6) is 0 Å². The van der Waals surface area contributed by atoms with Crippen molar-refractivity contribution >= 4 is 272 Å². The summed E-state index contributed by atoms with van der Waals surface area (Å²) in [5.74, 6) is 0.621. The summed E-state index contributed by atoms with van der Waals surface area (Å²) in [6, 6.07) is 135. The van der Waals surface area contributed by atoms with Crippen LogP contribution >= 0.6 is 57.5 Å². The number of aromatic amines is 1. The van der Waals surface area contributed by atoms with E-state index in [1.807, 2.05) is 65.1 Å². The fourth-order valence-electron chi connectivity index (χ4n) is 20.0. The summed E-state index contributed by atoms with van der Waals surface area (Å²) in [7, 11) is 0. The second kappa shape index (κ2) is 28.1. The summed E-state index contributed by atoms with van der Waals surface area (Å²) in [6.07, 6.45) is 0. The first-order valence-corrected chi connectivity index (χ1v) is 44.5. The summed E-state index contributed by atoms with van der Waals surface area (Å²) in [5, 5.41) is 30.4. The molecule has 584 valence electrons. The number of aromatic nitrogens is 8. The number of halogens is 3. The first kappa shape index (κ1) is 71.8. The van der Waals surface area contributed by atoms with Crippen LogP contribution in [0, 0.1) is 0 Å². The summed E-state index contributed by atoms with van der Waals surface area (Å²) < 4.78 is 12.2. The highest BCUT2D eigenvalue weighted by Crippen LogP contribution is 2.53. The maximum absolute atomic E-state index is 7.36. The Hall–Kier alpha value is -14.9. The van der Waals surface area contributed by atoms with Gasteiger partial charge in [0.05, 0.1) is 70.1 Å². The molecular formula is C112H63Cl3N8S2. The Bertz CT molecular complexity index is 9510. The maximum Gasteiger partial charge on any atom is 0.176 e. The molecule has 28 aromatic rings. The fraction of sp³-hybridized carbons (Fsp3) is 0. The highest BCUT2D eigenvalue weighted by Gasteiger charge is 2.28. The fourth-order valence-corrected chi connectivity index (χ4v) is 23.3. The smallest absolute Gasteiger partial charge is 0.176 e. The standard InChI is InChI=1S/C56H31ClN4S.C44H26N2S.C12H6Cl2N2/c57-55-56(59-51-37-16-6-4-12-32(37)24-28-45(51)58-55)61-47-29-25-34(35-23-26-40-39-18-10-11-21-46(39)60(48(40)31-35)36-14-2-1-3-15-36)30-44(47)49-41-19-8-9-20-42(41)50-43-27-22-33-13-5-7-17-38(33)53(43)62-54(50)52(49)61;1-2-11-29(12-3-1)46-38-17-9-8-14-31(38)32-21-19-28(25-39(32)46)27-20-23-37-36(24-27)40-33-15-6-7-16-34(33)41-35-22-18-26-10-4-5-13-30(26)43(35)47-44(41)42(40)45-37;13-11-12(14)16-10-8-4-2-1-3-7(8)5-6-9(10)15-11/h1-31H;1-25,45H;1-6H. The topological polar surface area (TPSA) is 82.1 Å². The van der Waals surface area contributed by atoms with E-state index >= 15 is 0 Å². The molecule has 8 heterocycles. The quantitative estimate of drug-likeness (QED) is 0.174. The lowest BCUT2D eigenvalue weighted by atomic mass is 9.96. The van der Waals surface area contributed by atoms with Crippen molar-refractivity contribution in [3.8, 4) is 39.4 Å². The zero-order valence-corrected chi connectivity index (χ0v) is 70.3. The highest BCUT2D eigenvalue weighted by molar-refractivity contribution is 7.28. The van der Waals surface area contributed by atoms with E-state index in [1.54, 1.807) is 0 Å². The normalized spacial score (nSPS) is 12.1. The lowest BCUT2D eigenvalue weighted by Gasteiger charge is -2.12. The number of nitrogens with zero attached hydrogens (tertiary/aromatic N) is 7. The number of H-pyrrole nitrogens is 1. The minimum Gasteiger partial charge on any atom is -0.353 e. The number of hydrogen-bond acceptors (Lipinski definition) is 6. The van der Waals surface area contributed by atoms with E-state index in [1.165, 1.54) is 171 Å². The van der Waals surface area contributed by atoms with Gasteiger partial charge in [-0.1, -0.05) is 326 Å². The van der Waals surface area contributed by atoms with E-state index < -0.39 is 0 Å². The monoisotopic (exact) mass is 1690 g/mol. The van der Waals surface area contributed by atoms with Gasteiger partial charge in [-0.25, -0.2) is 19.9 Å². The molecule has 125 heavy (non-hydrogen) atoms. The van der Waals surface area contributed by atoms with Gasteiger partial charge < -0.3 is 14.1 Å². The molecule has 0 radical (unpaired) electrons. The van der Waals surface area contributed by atoms with Gasteiger partial charge in [-0.3, -0.25) is 4.57 Å². The second-order valence-corrected chi connectivity index (χ2v) is 35.4. The molecule has 0 aliphatic carbocycles. The van der Waals surface area contributed by atoms with Crippen LogP contribution in [0.4, 0.5) is 0 Å². The van der Waals surface area contributed by atoms with Crippen LogP contribution in [0.25, 0.3) is 254 Å². The van der Waals surface area contributed by atoms with Crippen molar-refractivity contribution in [2.45, 2.75) is 0 Å². The van der Waals surface area contributed by atoms with Gasteiger partial charge in [0, 0.05) is 102 Å². The molecule has 0 saturated carbocycles. The Morgan fingerprint density at radius 1 is 0.232 bits per heavy atom. The second-order valence-electron chi connectivity index (χ2n) is 32.2. The van der Waals surface area contributed by atoms with Gasteiger partial charge >= 0.3 is 0 Å². The largest absolute Gasteiger partial charge is 0.353 e. The van der Waals surface area contributed by atoms with Gasteiger partial charge in [0.15, 0.2) is 21.3 Å². The SMILES string of the molecule is Clc1nc2ccc3ccccc3c2nc1-n1c2ccc(-c3ccc4c5ccccc5n(-c5ccccc5)c4c3)cc2c2c3ccccc3c3c4ccc5ccccc5c4sc3c21.Clc1nc2ccc3ccccc3c2nc1Cl.c1ccc(-n2c3ccccc3c3ccc(-c4ccc5[nH]c6c7sc8c9ccccc9ccc8c7c7ccccc7c6c5c4)cc32)cc1. The summed E-state index contributed by atoms with van der Waals surface area (Å²) in [5.41, 5.74) is 19.5. The molecule has 0 unspecified atom stereocenters. The van der Waals surface area contributed by atoms with Crippen LogP contribution in [0.3, 0.4) is 0 Å². The highest BCUT2D eigenvalue weighted by atomic mass is 35.5. The summed E-state index contributed by atoms with van der Waals surface area (Å²) >= 11 is 22.9. The first-order valence-electron chi connectivity index (χ1n) is 41.7. The summed E-state index contributed by atoms with van der Waals surface area (Å²) in [4.78, 5) is 22.9. The Labute approximate surface area is 735 Å². The van der Waals surface area contributed by atoms with Gasteiger partial charge in [-0.05, 0) is 161 Å². The molecule has 8 nitrogen and oxygen atoms in total. The van der Waals surface area contributed by atoms with Gasteiger partial charge in [0.2, 0.25) is 0 Å². The van der Waals surface area contributed by atoms with Crippen LogP contribution in [-0.2, 0) is 0 Å². The van der Waals surface area contributed by atoms with Gasteiger partial charge in [-0.15, -0.1) is 22.7 Å². The average Bonchev–Trinajstić information content (AvgIpc) is 1.51. The lowest BCUT2D eigenvalue weighted by Crippen LogP contribution is -2.02. The van der Waals surface area contributed by atoms with Gasteiger partial charge in [0.1, 0.15) is 0 Å². The predicted molar refractivity (Wildman–Crippen MR) is 535 cm³/mol. The molecule has 0 bridgehead atoms. The molecule has 0 spiro atoms. The van der Waals surface area contributed by atoms with Crippen molar-refractivity contribution in [3.05, 3.63) is 392 Å². The minimum absolute atomic E-state index is 0.240. The number of nitrogens with one attached hydrogen (secondary N) is 1. The molecule has 0 saturated heterocycles. The average molecular weight is 1690 g/mol. The number of hydrogen-bond donors (Lipinski definition) is 1. The van der Waals surface area contributed by atoms with Crippen molar-refractivity contribution in [1.29, 1.82) is 0 Å². The third-order valence-electron chi connectivity index (χ3n) is 25.5. The molecule has 0 amide bonds. The van der Waals surface area contributed by atoms with Crippen molar-refractivity contribution in [1.82, 2.24) is 38.6 Å². The van der Waals surface area contributed by atoms with E-state index in [0.29, 0.717) is 11.0 Å². The van der Waals surface area contributed by atoms with E-state index in [2.05, 4.69) is 362 Å². The van der Waals surface area contributed by atoms with Crippen molar-refractivity contribution in [2.24, 2.45) is 0 Å². The zero-order chi connectivity index (χ0) is 82.4. The maximum atomic E-state index is 7.36. The molecule has 28 rings (SSSR count). The number of thiophene rings is 2. The molecule has 0 aliphatic heterocycles. The molecule has 1 N–H and O–H groups in total. The van der Waals surface area contributed by atoms with Crippen LogP contribution in [0.2, 0.25) is 15.5 Å². The number of para-hydroxylation sites is 4. The first-order chi connectivity index (χ1) is 61.7. The lowest BCUT2D eigenvalue weighted by molar-refractivity contribution is 1.08. The van der Waals surface area contributed by atoms with Gasteiger partial charge in [0.25, 0.3) is 0 Å². The third-order valence-corrected chi connectivity index (χ3v) is 28.9. The van der Waals surface area contributed by atoms with Gasteiger partial charge in [-0.2, -0.15) is 0 Å². The summed E-state index contributed by atoms with van der Waals surface area (Å²) in [6.45, 7) is 0. The van der Waals surface area contributed by atoms with E-state index in [0.717, 1.165) is 76.8 Å². The molecule has 0 aliphatic rings. The van der Waals surface area contributed by atoms with Crippen molar-refractivity contribution in [3.63, 3.8) is 0 Å². The Kier molecular flexibility index (Phi) is 16.2. The van der Waals surface area contributed by atoms with Crippen molar-refractivity contribution < 1.29 is 0 Å². The Morgan fingerprint density at radius 2 is 0.608 bits per heavy atom.